The Hall–Kier alpha value is -3.46. The Bertz CT molecular complexity index is 1140. The first-order chi connectivity index (χ1) is 13.4. The second kappa shape index (κ2) is 6.61. The zero-order valence-electron chi connectivity index (χ0n) is 14.7. The summed E-state index contributed by atoms with van der Waals surface area (Å²) in [7, 11) is 0. The predicted molar refractivity (Wildman–Crippen MR) is 105 cm³/mol. The van der Waals surface area contributed by atoms with Crippen LogP contribution in [0.3, 0.4) is 0 Å². The molecule has 0 bridgehead atoms. The fraction of sp³-hybridized carbons (Fsp3) is 0.105. The van der Waals surface area contributed by atoms with Crippen LogP contribution in [0.1, 0.15) is 32.4 Å². The number of nitrogens with zero attached hydrogens (tertiary/aromatic N) is 3. The van der Waals surface area contributed by atoms with Gasteiger partial charge in [0.05, 0.1) is 16.5 Å². The molecule has 8 nitrogen and oxygen atoms in total. The quantitative estimate of drug-likeness (QED) is 0.523. The van der Waals surface area contributed by atoms with E-state index in [0.717, 1.165) is 4.68 Å². The minimum absolute atomic E-state index is 0.0638. The summed E-state index contributed by atoms with van der Waals surface area (Å²) in [5.41, 5.74) is 7.76. The summed E-state index contributed by atoms with van der Waals surface area (Å²) < 4.78 is 1.11. The van der Waals surface area contributed by atoms with Crippen molar-refractivity contribution >= 4 is 28.7 Å². The molecule has 28 heavy (non-hydrogen) atoms. The van der Waals surface area contributed by atoms with E-state index < -0.39 is 11.2 Å². The van der Waals surface area contributed by atoms with Gasteiger partial charge in [0.1, 0.15) is 17.2 Å². The molecular weight excluding hydrogens is 380 g/mol. The first kappa shape index (κ1) is 17.9. The molecule has 9 heteroatoms. The Morgan fingerprint density at radius 2 is 1.89 bits per heavy atom. The van der Waals surface area contributed by atoms with E-state index >= 15 is 0 Å². The van der Waals surface area contributed by atoms with Crippen LogP contribution in [0, 0.1) is 6.92 Å². The van der Waals surface area contributed by atoms with Gasteiger partial charge in [0, 0.05) is 17.2 Å². The van der Waals surface area contributed by atoms with Crippen LogP contribution in [0.4, 0.5) is 5.82 Å². The number of fused-ring (bicyclic) bond motifs is 1. The molecule has 1 aliphatic rings. The van der Waals surface area contributed by atoms with Crippen LogP contribution in [0.2, 0.25) is 0 Å². The fourth-order valence-electron chi connectivity index (χ4n) is 3.14. The molecule has 1 atom stereocenters. The second-order valence-corrected chi connectivity index (χ2v) is 7.37. The number of carbonyl (C=O) groups excluding carboxylic acids is 1. The van der Waals surface area contributed by atoms with E-state index in [1.807, 2.05) is 0 Å². The topological polar surface area (TPSA) is 134 Å². The number of benzene rings is 2. The first-order valence-corrected chi connectivity index (χ1v) is 9.19. The molecule has 0 spiro atoms. The summed E-state index contributed by atoms with van der Waals surface area (Å²) in [6.45, 7) is 1.73. The monoisotopic (exact) mass is 396 g/mol. The molecule has 0 aliphatic carbocycles. The van der Waals surface area contributed by atoms with Gasteiger partial charge in [-0.25, -0.2) is 4.99 Å². The van der Waals surface area contributed by atoms with Gasteiger partial charge in [-0.15, -0.1) is 0 Å². The van der Waals surface area contributed by atoms with Gasteiger partial charge in [0.25, 0.3) is 5.91 Å². The van der Waals surface area contributed by atoms with Crippen molar-refractivity contribution in [3.8, 4) is 17.2 Å². The molecule has 2 aromatic carbocycles. The Morgan fingerprint density at radius 1 is 1.14 bits per heavy atom. The lowest BCUT2D eigenvalue weighted by Gasteiger charge is -2.22. The van der Waals surface area contributed by atoms with Gasteiger partial charge in [-0.3, -0.25) is 4.79 Å². The number of carbonyl (C=O) groups is 1. The van der Waals surface area contributed by atoms with Gasteiger partial charge in [-0.2, -0.15) is 9.78 Å². The molecule has 0 saturated carbocycles. The molecule has 0 amide bonds. The number of aryl methyl sites for hydroxylation is 1. The zero-order valence-corrected chi connectivity index (χ0v) is 15.5. The Labute approximate surface area is 164 Å². The smallest absolute Gasteiger partial charge is 0.283 e. The normalized spacial score (nSPS) is 15.8. The van der Waals surface area contributed by atoms with Crippen molar-refractivity contribution in [1.82, 2.24) is 9.78 Å². The van der Waals surface area contributed by atoms with E-state index in [2.05, 4.69) is 10.1 Å². The summed E-state index contributed by atoms with van der Waals surface area (Å²) in [5, 5.41) is 33.9. The second-order valence-electron chi connectivity index (χ2n) is 6.25. The number of rotatable bonds is 2. The number of para-hydroxylation sites is 1. The number of phenols is 3. The summed E-state index contributed by atoms with van der Waals surface area (Å²) >= 11 is 1.21. The number of aromatic hydroxyl groups is 3. The van der Waals surface area contributed by atoms with Crippen LogP contribution in [0.25, 0.3) is 0 Å². The number of nitrogens with two attached hydrogens (primary N) is 1. The highest BCUT2D eigenvalue weighted by atomic mass is 32.2. The van der Waals surface area contributed by atoms with Crippen LogP contribution in [-0.4, -0.2) is 36.2 Å². The van der Waals surface area contributed by atoms with Crippen LogP contribution in [-0.2, 0) is 0 Å². The lowest BCUT2D eigenvalue weighted by molar-refractivity contribution is 0.0944. The van der Waals surface area contributed by atoms with Gasteiger partial charge in [0.2, 0.25) is 0 Å². The van der Waals surface area contributed by atoms with Crippen LogP contribution >= 0.6 is 11.8 Å². The average molecular weight is 396 g/mol. The van der Waals surface area contributed by atoms with Crippen LogP contribution in [0.15, 0.2) is 47.5 Å². The number of hydrogen-bond acceptors (Lipinski definition) is 8. The Balaban J connectivity index is 1.87. The highest BCUT2D eigenvalue weighted by Crippen LogP contribution is 2.48. The number of aromatic nitrogens is 2. The maximum Gasteiger partial charge on any atom is 0.283 e. The number of thioether (sulfide) groups is 1. The fourth-order valence-corrected chi connectivity index (χ4v) is 4.24. The molecule has 3 aromatic rings. The van der Waals surface area contributed by atoms with Crippen molar-refractivity contribution in [3.05, 3.63) is 64.8 Å². The van der Waals surface area contributed by atoms with Gasteiger partial charge in [-0.1, -0.05) is 30.0 Å². The third-order valence-electron chi connectivity index (χ3n) is 4.42. The van der Waals surface area contributed by atoms with E-state index in [9.17, 15) is 20.1 Å². The SMILES string of the molecule is Cc1nn(C(=O)c2ccccc2O)c2c1[C@@H](c1ccc(O)cc1O)SC(N)=N2. The predicted octanol–water partition coefficient (Wildman–Crippen LogP) is 2.78. The third kappa shape index (κ3) is 2.85. The molecule has 4 rings (SSSR count). The zero-order chi connectivity index (χ0) is 20.0. The van der Waals surface area contributed by atoms with Gasteiger partial charge >= 0.3 is 0 Å². The minimum atomic E-state index is -0.542. The molecule has 1 aromatic heterocycles. The van der Waals surface area contributed by atoms with Crippen molar-refractivity contribution in [1.29, 1.82) is 0 Å². The van der Waals surface area contributed by atoms with E-state index in [4.69, 9.17) is 5.73 Å². The van der Waals surface area contributed by atoms with Crippen molar-refractivity contribution in [2.75, 3.05) is 0 Å². The molecule has 2 heterocycles. The van der Waals surface area contributed by atoms with E-state index in [0.29, 0.717) is 16.8 Å². The van der Waals surface area contributed by atoms with E-state index in [1.54, 1.807) is 25.1 Å². The Kier molecular flexibility index (Phi) is 4.23. The van der Waals surface area contributed by atoms with Crippen molar-refractivity contribution in [2.24, 2.45) is 10.7 Å². The summed E-state index contributed by atoms with van der Waals surface area (Å²) in [6, 6.07) is 10.5. The standard InChI is InChI=1S/C19H16N4O4S/c1-9-15-16(11-7-6-10(24)8-14(11)26)28-19(20)21-17(15)23(22-9)18(27)12-4-2-3-5-13(12)25/h2-8,16,24-26H,1H3,(H2,20,21)/t16-/m1/s1. The molecular formula is C19H16N4O4S. The van der Waals surface area contributed by atoms with E-state index in [1.165, 1.54) is 36.0 Å². The van der Waals surface area contributed by atoms with E-state index in [-0.39, 0.29) is 33.8 Å². The largest absolute Gasteiger partial charge is 0.508 e. The van der Waals surface area contributed by atoms with Crippen molar-refractivity contribution < 1.29 is 20.1 Å². The highest BCUT2D eigenvalue weighted by molar-refractivity contribution is 8.14. The van der Waals surface area contributed by atoms with Gasteiger partial charge in [0.15, 0.2) is 11.0 Å². The average Bonchev–Trinajstić information content (AvgIpc) is 2.97. The molecule has 5 N–H and O–H groups in total. The van der Waals surface area contributed by atoms with Crippen molar-refractivity contribution in [2.45, 2.75) is 12.2 Å². The molecule has 142 valence electrons. The minimum Gasteiger partial charge on any atom is -0.508 e. The van der Waals surface area contributed by atoms with Crippen LogP contribution in [0.5, 0.6) is 17.2 Å². The summed E-state index contributed by atoms with van der Waals surface area (Å²) in [5.74, 6) is -0.619. The number of amidine groups is 1. The number of aliphatic imine (C=N–C) groups is 1. The molecule has 0 fully saturated rings. The first-order valence-electron chi connectivity index (χ1n) is 8.31. The summed E-state index contributed by atoms with van der Waals surface area (Å²) in [6.07, 6.45) is 0. The van der Waals surface area contributed by atoms with Crippen LogP contribution < -0.4 is 5.73 Å². The Morgan fingerprint density at radius 3 is 2.61 bits per heavy atom. The lowest BCUT2D eigenvalue weighted by Crippen LogP contribution is -2.18. The molecule has 0 saturated heterocycles. The molecule has 1 aliphatic heterocycles. The lowest BCUT2D eigenvalue weighted by atomic mass is 10.0. The molecule has 0 radical (unpaired) electrons. The number of phenolic OH excluding ortho intramolecular Hbond substituents is 3. The summed E-state index contributed by atoms with van der Waals surface area (Å²) in [4.78, 5) is 17.2. The van der Waals surface area contributed by atoms with Gasteiger partial charge < -0.3 is 21.1 Å². The number of hydrogen-bond donors (Lipinski definition) is 4. The maximum absolute atomic E-state index is 13.0. The van der Waals surface area contributed by atoms with Crippen molar-refractivity contribution in [3.63, 3.8) is 0 Å². The maximum atomic E-state index is 13.0. The third-order valence-corrected chi connectivity index (χ3v) is 5.48. The van der Waals surface area contributed by atoms with Gasteiger partial charge in [-0.05, 0) is 25.1 Å². The molecule has 0 unspecified atom stereocenters. The highest BCUT2D eigenvalue weighted by Gasteiger charge is 2.33.